The van der Waals surface area contributed by atoms with Crippen LogP contribution in [0.4, 0.5) is 0 Å². The van der Waals surface area contributed by atoms with E-state index in [1.54, 1.807) is 0 Å². The number of carboxylic acids is 1. The minimum atomic E-state index is -1.45. The van der Waals surface area contributed by atoms with Gasteiger partial charge >= 0.3 is 11.9 Å². The third-order valence-corrected chi connectivity index (χ3v) is 7.97. The summed E-state index contributed by atoms with van der Waals surface area (Å²) in [5.74, 6) is -3.19. The molecule has 0 radical (unpaired) electrons. The van der Waals surface area contributed by atoms with E-state index in [-0.39, 0.29) is 30.6 Å². The van der Waals surface area contributed by atoms with Crippen LogP contribution in [0.15, 0.2) is 0 Å². The Balaban J connectivity index is 1.40. The van der Waals surface area contributed by atoms with Crippen molar-refractivity contribution in [1.29, 1.82) is 0 Å². The monoisotopic (exact) mass is 485 g/mol. The van der Waals surface area contributed by atoms with Crippen molar-refractivity contribution < 1.29 is 48.6 Å². The second kappa shape index (κ2) is 9.34. The number of amides is 1. The fourth-order valence-electron chi connectivity index (χ4n) is 6.05. The zero-order valence-corrected chi connectivity index (χ0v) is 20.0. The molecule has 11 nitrogen and oxygen atoms in total. The quantitative estimate of drug-likeness (QED) is 0.357. The highest BCUT2D eigenvalue weighted by Crippen LogP contribution is 2.60. The number of carbonyl (C=O) groups is 3. The van der Waals surface area contributed by atoms with Gasteiger partial charge in [0.2, 0.25) is 18.0 Å². The molecule has 1 amide bonds. The summed E-state index contributed by atoms with van der Waals surface area (Å²) in [5.41, 5.74) is -0.761. The van der Waals surface area contributed by atoms with E-state index in [0.717, 1.165) is 19.3 Å². The highest BCUT2D eigenvalue weighted by molar-refractivity contribution is 5.86. The van der Waals surface area contributed by atoms with E-state index < -0.39 is 54.0 Å². The summed E-state index contributed by atoms with van der Waals surface area (Å²) in [7, 11) is 0. The second-order valence-corrected chi connectivity index (χ2v) is 10.4. The van der Waals surface area contributed by atoms with Gasteiger partial charge in [0.15, 0.2) is 17.9 Å². The predicted octanol–water partition coefficient (Wildman–Crippen LogP) is 1.47. The molecule has 5 rings (SSSR count). The Labute approximate surface area is 198 Å². The van der Waals surface area contributed by atoms with Crippen molar-refractivity contribution in [3.05, 3.63) is 0 Å². The average Bonchev–Trinajstić information content (AvgIpc) is 2.99. The molecular formula is C23H35NO10. The number of rotatable bonds is 7. The molecule has 11 heteroatoms. The zero-order valence-electron chi connectivity index (χ0n) is 20.0. The minimum Gasteiger partial charge on any atom is -0.480 e. The Morgan fingerprint density at radius 1 is 1.12 bits per heavy atom. The van der Waals surface area contributed by atoms with E-state index in [1.165, 1.54) is 6.92 Å². The molecule has 5 aliphatic rings. The van der Waals surface area contributed by atoms with E-state index in [0.29, 0.717) is 12.3 Å². The number of hydrogen-bond acceptors (Lipinski definition) is 9. The van der Waals surface area contributed by atoms with Gasteiger partial charge in [-0.3, -0.25) is 9.59 Å². The highest BCUT2D eigenvalue weighted by atomic mass is 17.3. The van der Waals surface area contributed by atoms with E-state index in [1.807, 2.05) is 13.8 Å². The predicted molar refractivity (Wildman–Crippen MR) is 113 cm³/mol. The number of esters is 1. The molecule has 5 fully saturated rings. The van der Waals surface area contributed by atoms with Crippen molar-refractivity contribution in [3.8, 4) is 0 Å². The van der Waals surface area contributed by atoms with Crippen molar-refractivity contribution in [2.24, 2.45) is 23.7 Å². The number of nitrogens with one attached hydrogen (secondary N) is 1. The van der Waals surface area contributed by atoms with Gasteiger partial charge in [-0.05, 0) is 44.9 Å². The third-order valence-electron chi connectivity index (χ3n) is 7.97. The topological polar surface area (TPSA) is 150 Å². The Hall–Kier alpha value is -1.79. The van der Waals surface area contributed by atoms with Gasteiger partial charge in [0.25, 0.3) is 0 Å². The summed E-state index contributed by atoms with van der Waals surface area (Å²) >= 11 is 0. The number of aliphatic hydroxyl groups excluding tert-OH is 1. The lowest BCUT2D eigenvalue weighted by Gasteiger charge is -2.59. The summed E-state index contributed by atoms with van der Waals surface area (Å²) in [6.45, 7) is 7.24. The molecule has 0 aromatic carbocycles. The van der Waals surface area contributed by atoms with E-state index >= 15 is 0 Å². The summed E-state index contributed by atoms with van der Waals surface area (Å²) in [6.07, 6.45) is 0.00572. The molecule has 1 spiro atoms. The molecule has 2 bridgehead atoms. The largest absolute Gasteiger partial charge is 0.480 e. The number of hydrogen-bond donors (Lipinski definition) is 3. The normalized spacial score (nSPS) is 42.6. The van der Waals surface area contributed by atoms with Crippen molar-refractivity contribution in [3.63, 3.8) is 0 Å². The van der Waals surface area contributed by atoms with Gasteiger partial charge in [-0.2, -0.15) is 0 Å². The van der Waals surface area contributed by atoms with Gasteiger partial charge in [0, 0.05) is 24.7 Å². The zero-order chi connectivity index (χ0) is 24.8. The molecule has 3 N–H and O–H groups in total. The molecular weight excluding hydrogens is 450 g/mol. The Morgan fingerprint density at radius 3 is 2.53 bits per heavy atom. The smallest absolute Gasteiger partial charge is 0.328 e. The van der Waals surface area contributed by atoms with Crippen LogP contribution in [-0.2, 0) is 38.4 Å². The van der Waals surface area contributed by atoms with Gasteiger partial charge in [0.1, 0.15) is 0 Å². The second-order valence-electron chi connectivity index (χ2n) is 10.4. The van der Waals surface area contributed by atoms with Crippen LogP contribution in [0, 0.1) is 23.7 Å². The molecule has 1 aliphatic carbocycles. The Bertz CT molecular complexity index is 820. The molecule has 0 aromatic rings. The maximum atomic E-state index is 12.5. The third kappa shape index (κ3) is 4.44. The molecule has 192 valence electrons. The van der Waals surface area contributed by atoms with Crippen LogP contribution in [0.1, 0.15) is 66.2 Å². The van der Waals surface area contributed by atoms with E-state index in [9.17, 15) is 19.5 Å². The molecule has 4 aliphatic heterocycles. The van der Waals surface area contributed by atoms with E-state index in [2.05, 4.69) is 12.2 Å². The number of fused-ring (bicyclic) bond motifs is 2. The number of carboxylic acid groups (broad SMARTS) is 1. The van der Waals surface area contributed by atoms with Gasteiger partial charge < -0.3 is 29.7 Å². The summed E-state index contributed by atoms with van der Waals surface area (Å²) in [4.78, 5) is 47.6. The SMILES string of the molecule is C[C@H]1[C@H](OC(=O)CCC(=O)N[C@H](C(=O)O)[C@@H](C)O)O[C@@H]2O[C@]3(C)CC[C@H]4[C@H](C)CC[C@@H]1[C@@]24OO3. The van der Waals surface area contributed by atoms with Crippen molar-refractivity contribution in [2.75, 3.05) is 0 Å². The first-order valence-corrected chi connectivity index (χ1v) is 12.1. The van der Waals surface area contributed by atoms with Crippen LogP contribution in [0.3, 0.4) is 0 Å². The van der Waals surface area contributed by atoms with Crippen LogP contribution in [0.2, 0.25) is 0 Å². The lowest BCUT2D eigenvalue weighted by atomic mass is 9.58. The van der Waals surface area contributed by atoms with Crippen molar-refractivity contribution in [2.45, 2.75) is 102 Å². The molecule has 1 saturated carbocycles. The number of aliphatic hydroxyl groups is 1. The molecule has 4 heterocycles. The van der Waals surface area contributed by atoms with Crippen LogP contribution < -0.4 is 5.32 Å². The Kier molecular flexibility index (Phi) is 6.96. The van der Waals surface area contributed by atoms with Crippen LogP contribution in [-0.4, -0.2) is 64.2 Å². The van der Waals surface area contributed by atoms with Crippen LogP contribution in [0.5, 0.6) is 0 Å². The fourth-order valence-corrected chi connectivity index (χ4v) is 6.05. The number of carbonyl (C=O) groups excluding carboxylic acids is 2. The van der Waals surface area contributed by atoms with Gasteiger partial charge in [-0.15, -0.1) is 0 Å². The standard InChI is InChI=1S/C23H35NO10/c1-11-5-6-15-12(2)20(30-17(27)8-7-16(26)24-18(13(3)25)19(28)29)31-21-23(15)14(11)9-10-22(4,32-21)33-34-23/h11-15,18,20-21,25H,5-10H2,1-4H3,(H,24,26)(H,28,29)/t11-,12-,13-,14+,15+,18+,20-,21-,22+,23-/m1/s1. The molecule has 10 atom stereocenters. The summed E-state index contributed by atoms with van der Waals surface area (Å²) < 4.78 is 18.0. The van der Waals surface area contributed by atoms with Crippen LogP contribution in [0.25, 0.3) is 0 Å². The molecule has 0 unspecified atom stereocenters. The van der Waals surface area contributed by atoms with Gasteiger partial charge in [0.05, 0.1) is 12.5 Å². The number of aliphatic carboxylic acids is 1. The van der Waals surface area contributed by atoms with E-state index in [4.69, 9.17) is 29.1 Å². The van der Waals surface area contributed by atoms with Crippen molar-refractivity contribution >= 4 is 17.8 Å². The van der Waals surface area contributed by atoms with Crippen molar-refractivity contribution in [1.82, 2.24) is 5.32 Å². The fraction of sp³-hybridized carbons (Fsp3) is 0.870. The lowest BCUT2D eigenvalue weighted by molar-refractivity contribution is -0.576. The van der Waals surface area contributed by atoms with Crippen LogP contribution >= 0.6 is 0 Å². The summed E-state index contributed by atoms with van der Waals surface area (Å²) in [6, 6.07) is -1.45. The Morgan fingerprint density at radius 2 is 1.85 bits per heavy atom. The van der Waals surface area contributed by atoms with Gasteiger partial charge in [-0.1, -0.05) is 13.8 Å². The molecule has 34 heavy (non-hydrogen) atoms. The van der Waals surface area contributed by atoms with Gasteiger partial charge in [-0.25, -0.2) is 14.6 Å². The first-order valence-electron chi connectivity index (χ1n) is 12.1. The lowest BCUT2D eigenvalue weighted by Crippen LogP contribution is -2.70. The molecule has 0 aromatic heterocycles. The minimum absolute atomic E-state index is 0.00133. The highest BCUT2D eigenvalue weighted by Gasteiger charge is 2.69. The maximum absolute atomic E-state index is 12.5. The molecule has 4 saturated heterocycles. The number of ether oxygens (including phenoxy) is 3. The summed E-state index contributed by atoms with van der Waals surface area (Å²) in [5, 5.41) is 20.8. The first kappa shape index (κ1) is 25.3. The first-order chi connectivity index (χ1) is 16.0. The maximum Gasteiger partial charge on any atom is 0.328 e. The average molecular weight is 486 g/mol.